The maximum absolute atomic E-state index is 11.3. The molecule has 1 aromatic carbocycles. The Morgan fingerprint density at radius 2 is 1.63 bits per heavy atom. The minimum absolute atomic E-state index is 0.430. The second-order valence-corrected chi connectivity index (χ2v) is 7.08. The zero-order valence-corrected chi connectivity index (χ0v) is 12.4. The van der Waals surface area contributed by atoms with Gasteiger partial charge in [-0.15, -0.1) is 11.6 Å². The standard InChI is InChI=1S/C13H19ClN2O2S/c14-11-19(17,18)15-12-5-7-13(8-6-12)16-9-3-1-2-4-10-16/h5-8,15H,1-4,9-11H2. The summed E-state index contributed by atoms with van der Waals surface area (Å²) >= 11 is 5.36. The van der Waals surface area contributed by atoms with Crippen LogP contribution in [0.1, 0.15) is 25.7 Å². The van der Waals surface area contributed by atoms with Gasteiger partial charge in [0.1, 0.15) is 5.21 Å². The average molecular weight is 303 g/mol. The smallest absolute Gasteiger partial charge is 0.246 e. The SMILES string of the molecule is O=S(=O)(CCl)Nc1ccc(N2CCCCCC2)cc1. The second-order valence-electron chi connectivity index (χ2n) is 4.77. The van der Waals surface area contributed by atoms with E-state index in [1.807, 2.05) is 12.1 Å². The lowest BCUT2D eigenvalue weighted by atomic mass is 10.2. The van der Waals surface area contributed by atoms with Crippen LogP contribution in [0.25, 0.3) is 0 Å². The maximum atomic E-state index is 11.3. The van der Waals surface area contributed by atoms with Gasteiger partial charge >= 0.3 is 0 Å². The maximum Gasteiger partial charge on any atom is 0.246 e. The fourth-order valence-corrected chi connectivity index (χ4v) is 2.99. The Hall–Kier alpha value is -0.940. The van der Waals surface area contributed by atoms with Crippen molar-refractivity contribution in [2.24, 2.45) is 0 Å². The number of alkyl halides is 1. The van der Waals surface area contributed by atoms with Gasteiger partial charge in [-0.2, -0.15) is 0 Å². The Morgan fingerprint density at radius 1 is 1.05 bits per heavy atom. The molecule has 0 saturated carbocycles. The minimum atomic E-state index is -3.41. The van der Waals surface area contributed by atoms with E-state index in [9.17, 15) is 8.42 Å². The average Bonchev–Trinajstić information content (AvgIpc) is 2.68. The van der Waals surface area contributed by atoms with Crippen LogP contribution in [0, 0.1) is 0 Å². The summed E-state index contributed by atoms with van der Waals surface area (Å²) in [5, 5.41) is -0.430. The Bertz CT molecular complexity index is 494. The van der Waals surface area contributed by atoms with Crippen LogP contribution in [0.4, 0.5) is 11.4 Å². The van der Waals surface area contributed by atoms with Crippen molar-refractivity contribution in [3.05, 3.63) is 24.3 Å². The van der Waals surface area contributed by atoms with E-state index in [0.29, 0.717) is 5.69 Å². The first-order valence-corrected chi connectivity index (χ1v) is 8.71. The number of nitrogens with zero attached hydrogens (tertiary/aromatic N) is 1. The lowest BCUT2D eigenvalue weighted by Crippen LogP contribution is -2.23. The van der Waals surface area contributed by atoms with E-state index < -0.39 is 15.2 Å². The van der Waals surface area contributed by atoms with Gasteiger partial charge in [0.05, 0.1) is 0 Å². The van der Waals surface area contributed by atoms with Gasteiger partial charge in [-0.05, 0) is 37.1 Å². The molecule has 1 heterocycles. The minimum Gasteiger partial charge on any atom is -0.372 e. The zero-order valence-electron chi connectivity index (χ0n) is 10.8. The van der Waals surface area contributed by atoms with Crippen LogP contribution >= 0.6 is 11.6 Å². The summed E-state index contributed by atoms with van der Waals surface area (Å²) in [6.45, 7) is 2.15. The molecule has 1 N–H and O–H groups in total. The molecule has 1 saturated heterocycles. The Labute approximate surface area is 119 Å². The van der Waals surface area contributed by atoms with Gasteiger partial charge < -0.3 is 4.90 Å². The summed E-state index contributed by atoms with van der Waals surface area (Å²) in [7, 11) is -3.41. The molecule has 1 fully saturated rings. The van der Waals surface area contributed by atoms with Crippen molar-refractivity contribution in [2.75, 3.05) is 27.9 Å². The molecule has 0 unspecified atom stereocenters. The van der Waals surface area contributed by atoms with E-state index >= 15 is 0 Å². The van der Waals surface area contributed by atoms with Gasteiger partial charge in [0.15, 0.2) is 0 Å². The highest BCUT2D eigenvalue weighted by Crippen LogP contribution is 2.22. The molecule has 0 aliphatic carbocycles. The molecule has 1 aliphatic rings. The molecule has 4 nitrogen and oxygen atoms in total. The fraction of sp³-hybridized carbons (Fsp3) is 0.538. The molecule has 0 amide bonds. The van der Waals surface area contributed by atoms with E-state index in [4.69, 9.17) is 11.6 Å². The lowest BCUT2D eigenvalue weighted by molar-refractivity contribution is 0.605. The van der Waals surface area contributed by atoms with Crippen LogP contribution in [-0.2, 0) is 10.0 Å². The Kier molecular flexibility index (Phi) is 4.93. The molecule has 106 valence electrons. The third kappa shape index (κ3) is 4.28. The summed E-state index contributed by atoms with van der Waals surface area (Å²) in [6, 6.07) is 7.48. The number of benzene rings is 1. The van der Waals surface area contributed by atoms with Crippen molar-refractivity contribution in [3.63, 3.8) is 0 Å². The molecule has 0 atom stereocenters. The number of rotatable bonds is 4. The van der Waals surface area contributed by atoms with Crippen molar-refractivity contribution >= 4 is 33.0 Å². The largest absolute Gasteiger partial charge is 0.372 e. The molecular weight excluding hydrogens is 284 g/mol. The molecule has 0 bridgehead atoms. The van der Waals surface area contributed by atoms with Crippen molar-refractivity contribution in [2.45, 2.75) is 25.7 Å². The van der Waals surface area contributed by atoms with Crippen LogP contribution in [0.5, 0.6) is 0 Å². The topological polar surface area (TPSA) is 49.4 Å². The first kappa shape index (κ1) is 14.5. The number of sulfonamides is 1. The fourth-order valence-electron chi connectivity index (χ4n) is 2.28. The van der Waals surface area contributed by atoms with E-state index in [2.05, 4.69) is 9.62 Å². The summed E-state index contributed by atoms with van der Waals surface area (Å²) in [5.41, 5.74) is 1.70. The van der Waals surface area contributed by atoms with Crippen LogP contribution < -0.4 is 9.62 Å². The highest BCUT2D eigenvalue weighted by Gasteiger charge is 2.11. The predicted octanol–water partition coefficient (Wildman–Crippen LogP) is 3.01. The van der Waals surface area contributed by atoms with Gasteiger partial charge in [0.25, 0.3) is 0 Å². The van der Waals surface area contributed by atoms with Crippen molar-refractivity contribution < 1.29 is 8.42 Å². The summed E-state index contributed by atoms with van der Waals surface area (Å²) in [4.78, 5) is 2.35. The van der Waals surface area contributed by atoms with Crippen molar-refractivity contribution in [3.8, 4) is 0 Å². The van der Waals surface area contributed by atoms with E-state index in [0.717, 1.165) is 18.8 Å². The van der Waals surface area contributed by atoms with Crippen LogP contribution in [0.3, 0.4) is 0 Å². The van der Waals surface area contributed by atoms with Crippen molar-refractivity contribution in [1.82, 2.24) is 0 Å². The summed E-state index contributed by atoms with van der Waals surface area (Å²) in [6.07, 6.45) is 5.04. The number of hydrogen-bond acceptors (Lipinski definition) is 3. The predicted molar refractivity (Wildman–Crippen MR) is 80.4 cm³/mol. The third-order valence-corrected chi connectivity index (χ3v) is 4.95. The second kappa shape index (κ2) is 6.48. The molecule has 0 spiro atoms. The molecule has 6 heteroatoms. The molecule has 1 aromatic rings. The van der Waals surface area contributed by atoms with Gasteiger partial charge in [-0.3, -0.25) is 4.72 Å². The van der Waals surface area contributed by atoms with Crippen LogP contribution in [0.15, 0.2) is 24.3 Å². The van der Waals surface area contributed by atoms with Gasteiger partial charge in [-0.1, -0.05) is 12.8 Å². The van der Waals surface area contributed by atoms with E-state index in [1.54, 1.807) is 12.1 Å². The third-order valence-electron chi connectivity index (χ3n) is 3.26. The number of halogens is 1. The van der Waals surface area contributed by atoms with Crippen LogP contribution in [0.2, 0.25) is 0 Å². The van der Waals surface area contributed by atoms with Gasteiger partial charge in [0.2, 0.25) is 10.0 Å². The monoisotopic (exact) mass is 302 g/mol. The van der Waals surface area contributed by atoms with Gasteiger partial charge in [0, 0.05) is 24.5 Å². The summed E-state index contributed by atoms with van der Waals surface area (Å²) in [5.74, 6) is 0. The summed E-state index contributed by atoms with van der Waals surface area (Å²) < 4.78 is 25.1. The lowest BCUT2D eigenvalue weighted by Gasteiger charge is -2.22. The van der Waals surface area contributed by atoms with Crippen molar-refractivity contribution in [1.29, 1.82) is 0 Å². The first-order chi connectivity index (χ1) is 9.11. The van der Waals surface area contributed by atoms with E-state index in [-0.39, 0.29) is 0 Å². The number of hydrogen-bond donors (Lipinski definition) is 1. The normalized spacial score (nSPS) is 17.0. The molecule has 2 rings (SSSR count). The molecular formula is C13H19ClN2O2S. The molecule has 19 heavy (non-hydrogen) atoms. The molecule has 0 aromatic heterocycles. The highest BCUT2D eigenvalue weighted by molar-refractivity contribution is 7.93. The van der Waals surface area contributed by atoms with Crippen LogP contribution in [-0.4, -0.2) is 26.7 Å². The number of anilines is 2. The Balaban J connectivity index is 2.05. The highest BCUT2D eigenvalue weighted by atomic mass is 35.5. The zero-order chi connectivity index (χ0) is 13.7. The molecule has 1 aliphatic heterocycles. The first-order valence-electron chi connectivity index (χ1n) is 6.52. The van der Waals surface area contributed by atoms with E-state index in [1.165, 1.54) is 25.7 Å². The number of nitrogens with one attached hydrogen (secondary N) is 1. The Morgan fingerprint density at radius 3 is 2.16 bits per heavy atom. The molecule has 0 radical (unpaired) electrons. The quantitative estimate of drug-likeness (QED) is 0.870. The van der Waals surface area contributed by atoms with Gasteiger partial charge in [-0.25, -0.2) is 8.42 Å².